The predicted octanol–water partition coefficient (Wildman–Crippen LogP) is 3.32. The Morgan fingerprint density at radius 2 is 2.11 bits per heavy atom. The standard InChI is InChI=1S/C12H11BrN4S/c1-7-16-12-11(3-9(13)4-15-12)17(7)6-10-5-14-8(2)18-10/h3-5H,6H2,1-2H3. The maximum Gasteiger partial charge on any atom is 0.177 e. The topological polar surface area (TPSA) is 43.6 Å². The van der Waals surface area contributed by atoms with Crippen LogP contribution in [0.25, 0.3) is 11.2 Å². The van der Waals surface area contributed by atoms with Crippen LogP contribution >= 0.6 is 27.3 Å². The first-order valence-electron chi connectivity index (χ1n) is 5.53. The molecule has 3 aromatic rings. The van der Waals surface area contributed by atoms with Gasteiger partial charge in [0.1, 0.15) is 5.82 Å². The molecular weight excluding hydrogens is 312 g/mol. The predicted molar refractivity (Wildman–Crippen MR) is 75.9 cm³/mol. The van der Waals surface area contributed by atoms with E-state index >= 15 is 0 Å². The Kier molecular flexibility index (Phi) is 2.91. The van der Waals surface area contributed by atoms with Gasteiger partial charge in [-0.2, -0.15) is 0 Å². The molecule has 0 amide bonds. The fourth-order valence-corrected chi connectivity index (χ4v) is 3.03. The van der Waals surface area contributed by atoms with Crippen molar-refractivity contribution in [2.24, 2.45) is 0 Å². The minimum atomic E-state index is 0.789. The van der Waals surface area contributed by atoms with Gasteiger partial charge in [0.2, 0.25) is 0 Å². The Morgan fingerprint density at radius 1 is 1.28 bits per heavy atom. The summed E-state index contributed by atoms with van der Waals surface area (Å²) in [6.45, 7) is 4.82. The Bertz CT molecular complexity index is 716. The molecule has 0 aliphatic carbocycles. The third kappa shape index (κ3) is 2.06. The lowest BCUT2D eigenvalue weighted by Crippen LogP contribution is -2.00. The van der Waals surface area contributed by atoms with Crippen molar-refractivity contribution < 1.29 is 0 Å². The summed E-state index contributed by atoms with van der Waals surface area (Å²) in [5, 5.41) is 1.09. The molecule has 0 bridgehead atoms. The lowest BCUT2D eigenvalue weighted by atomic mass is 10.4. The number of imidazole rings is 1. The third-order valence-electron chi connectivity index (χ3n) is 2.75. The Balaban J connectivity index is 2.10. The minimum absolute atomic E-state index is 0.789. The van der Waals surface area contributed by atoms with Crippen molar-refractivity contribution in [3.63, 3.8) is 0 Å². The number of halogens is 1. The first kappa shape index (κ1) is 11.8. The van der Waals surface area contributed by atoms with Gasteiger partial charge in [-0.1, -0.05) is 0 Å². The number of rotatable bonds is 2. The van der Waals surface area contributed by atoms with E-state index in [0.717, 1.165) is 33.0 Å². The molecule has 0 atom stereocenters. The van der Waals surface area contributed by atoms with Crippen LogP contribution in [0, 0.1) is 13.8 Å². The Labute approximate surface area is 117 Å². The van der Waals surface area contributed by atoms with Crippen molar-refractivity contribution in [3.8, 4) is 0 Å². The lowest BCUT2D eigenvalue weighted by molar-refractivity contribution is 0.795. The van der Waals surface area contributed by atoms with Gasteiger partial charge in [-0.3, -0.25) is 0 Å². The highest BCUT2D eigenvalue weighted by molar-refractivity contribution is 9.10. The fraction of sp³-hybridized carbons (Fsp3) is 0.250. The van der Waals surface area contributed by atoms with E-state index in [1.807, 2.05) is 20.0 Å². The van der Waals surface area contributed by atoms with Gasteiger partial charge in [0.15, 0.2) is 5.65 Å². The second-order valence-corrected chi connectivity index (χ2v) is 6.32. The van der Waals surface area contributed by atoms with Crippen molar-refractivity contribution in [2.45, 2.75) is 20.4 Å². The zero-order chi connectivity index (χ0) is 12.7. The zero-order valence-electron chi connectivity index (χ0n) is 10.0. The number of nitrogens with zero attached hydrogens (tertiary/aromatic N) is 4. The summed E-state index contributed by atoms with van der Waals surface area (Å²) in [6.07, 6.45) is 3.70. The molecule has 0 aromatic carbocycles. The highest BCUT2D eigenvalue weighted by Crippen LogP contribution is 2.21. The zero-order valence-corrected chi connectivity index (χ0v) is 12.4. The van der Waals surface area contributed by atoms with E-state index < -0.39 is 0 Å². The van der Waals surface area contributed by atoms with Crippen LogP contribution in [-0.4, -0.2) is 19.5 Å². The van der Waals surface area contributed by atoms with Gasteiger partial charge in [-0.05, 0) is 35.8 Å². The van der Waals surface area contributed by atoms with Crippen LogP contribution in [0.2, 0.25) is 0 Å². The quantitative estimate of drug-likeness (QED) is 0.727. The molecule has 3 aromatic heterocycles. The van der Waals surface area contributed by atoms with E-state index in [0.29, 0.717) is 0 Å². The maximum atomic E-state index is 4.47. The molecule has 0 spiro atoms. The van der Waals surface area contributed by atoms with Gasteiger partial charge in [0.05, 0.1) is 17.1 Å². The number of hydrogen-bond acceptors (Lipinski definition) is 4. The van der Waals surface area contributed by atoms with E-state index in [1.54, 1.807) is 17.5 Å². The van der Waals surface area contributed by atoms with Crippen LogP contribution in [-0.2, 0) is 6.54 Å². The van der Waals surface area contributed by atoms with E-state index in [-0.39, 0.29) is 0 Å². The number of pyridine rings is 1. The summed E-state index contributed by atoms with van der Waals surface area (Å²) in [5.74, 6) is 0.974. The summed E-state index contributed by atoms with van der Waals surface area (Å²) >= 11 is 5.17. The van der Waals surface area contributed by atoms with Crippen LogP contribution in [0.4, 0.5) is 0 Å². The number of thiazole rings is 1. The minimum Gasteiger partial charge on any atom is -0.321 e. The monoisotopic (exact) mass is 322 g/mol. The summed E-state index contributed by atoms with van der Waals surface area (Å²) in [5.41, 5.74) is 1.84. The third-order valence-corrected chi connectivity index (χ3v) is 4.08. The van der Waals surface area contributed by atoms with E-state index in [1.165, 1.54) is 4.88 Å². The second-order valence-electron chi connectivity index (χ2n) is 4.09. The number of aromatic nitrogens is 4. The van der Waals surface area contributed by atoms with E-state index in [9.17, 15) is 0 Å². The van der Waals surface area contributed by atoms with Crippen molar-refractivity contribution in [2.75, 3.05) is 0 Å². The average Bonchev–Trinajstić information content (AvgIpc) is 2.86. The smallest absolute Gasteiger partial charge is 0.177 e. The van der Waals surface area contributed by atoms with E-state index in [2.05, 4.69) is 41.5 Å². The number of hydrogen-bond donors (Lipinski definition) is 0. The molecule has 0 aliphatic heterocycles. The van der Waals surface area contributed by atoms with Crippen LogP contribution in [0.15, 0.2) is 22.9 Å². The molecule has 3 rings (SSSR count). The van der Waals surface area contributed by atoms with Gasteiger partial charge in [0.25, 0.3) is 0 Å². The molecule has 92 valence electrons. The normalized spacial score (nSPS) is 11.3. The fourth-order valence-electron chi connectivity index (χ4n) is 1.93. The van der Waals surface area contributed by atoms with Gasteiger partial charge in [-0.15, -0.1) is 11.3 Å². The Hall–Kier alpha value is -1.27. The first-order chi connectivity index (χ1) is 8.63. The molecule has 0 N–H and O–H groups in total. The second kappa shape index (κ2) is 4.44. The molecule has 4 nitrogen and oxygen atoms in total. The van der Waals surface area contributed by atoms with Gasteiger partial charge in [0, 0.05) is 21.7 Å². The van der Waals surface area contributed by atoms with Crippen LogP contribution in [0.1, 0.15) is 15.7 Å². The van der Waals surface area contributed by atoms with Crippen molar-refractivity contribution >= 4 is 38.4 Å². The first-order valence-corrected chi connectivity index (χ1v) is 7.14. The molecule has 0 saturated carbocycles. The molecule has 0 aliphatic rings. The maximum absolute atomic E-state index is 4.47. The molecule has 0 saturated heterocycles. The SMILES string of the molecule is Cc1ncc(Cn2c(C)nc3ncc(Br)cc32)s1. The van der Waals surface area contributed by atoms with Crippen LogP contribution < -0.4 is 0 Å². The van der Waals surface area contributed by atoms with Gasteiger partial charge in [-0.25, -0.2) is 15.0 Å². The highest BCUT2D eigenvalue weighted by Gasteiger charge is 2.10. The van der Waals surface area contributed by atoms with E-state index in [4.69, 9.17) is 0 Å². The summed E-state index contributed by atoms with van der Waals surface area (Å²) in [4.78, 5) is 14.3. The van der Waals surface area contributed by atoms with Crippen LogP contribution in [0.3, 0.4) is 0 Å². The van der Waals surface area contributed by atoms with Gasteiger partial charge < -0.3 is 4.57 Å². The molecule has 18 heavy (non-hydrogen) atoms. The average molecular weight is 323 g/mol. The number of aryl methyl sites for hydroxylation is 2. The lowest BCUT2D eigenvalue weighted by Gasteiger charge is -2.04. The number of fused-ring (bicyclic) bond motifs is 1. The van der Waals surface area contributed by atoms with Crippen molar-refractivity contribution in [3.05, 3.63) is 38.6 Å². The van der Waals surface area contributed by atoms with Crippen molar-refractivity contribution in [1.29, 1.82) is 0 Å². The van der Waals surface area contributed by atoms with Crippen molar-refractivity contribution in [1.82, 2.24) is 19.5 Å². The molecule has 6 heteroatoms. The summed E-state index contributed by atoms with van der Waals surface area (Å²) in [7, 11) is 0. The van der Waals surface area contributed by atoms with Gasteiger partial charge >= 0.3 is 0 Å². The Morgan fingerprint density at radius 3 is 2.83 bits per heavy atom. The molecule has 0 unspecified atom stereocenters. The summed E-state index contributed by atoms with van der Waals surface area (Å²) < 4.78 is 3.14. The highest BCUT2D eigenvalue weighted by atomic mass is 79.9. The van der Waals surface area contributed by atoms with Crippen LogP contribution in [0.5, 0.6) is 0 Å². The molecule has 3 heterocycles. The molecular formula is C12H11BrN4S. The molecule has 0 radical (unpaired) electrons. The molecule has 0 fully saturated rings. The largest absolute Gasteiger partial charge is 0.321 e. The summed E-state index contributed by atoms with van der Waals surface area (Å²) in [6, 6.07) is 2.05.